The number of amides is 2. The second kappa shape index (κ2) is 8.56. The molecule has 0 unspecified atom stereocenters. The number of hydrogen-bond acceptors (Lipinski definition) is 5. The highest BCUT2D eigenvalue weighted by Gasteiger charge is 2.20. The fraction of sp³-hybridized carbons (Fsp3) is 0.286. The minimum Gasteiger partial charge on any atom is -0.493 e. The molecular weight excluding hydrogens is 360 g/mol. The lowest BCUT2D eigenvalue weighted by atomic mass is 10.0. The first-order chi connectivity index (χ1) is 13.6. The van der Waals surface area contributed by atoms with Crippen LogP contribution in [0.5, 0.6) is 11.5 Å². The van der Waals surface area contributed by atoms with Gasteiger partial charge in [-0.2, -0.15) is 0 Å². The number of nitrogens with zero attached hydrogens (tertiary/aromatic N) is 1. The van der Waals surface area contributed by atoms with Gasteiger partial charge in [-0.05, 0) is 48.4 Å². The SMILES string of the molecule is COc1ccc(C(=O)NCCC(=O)c2ccc3c(c2)CCN3C=O)cc1OC. The van der Waals surface area contributed by atoms with Gasteiger partial charge in [0.25, 0.3) is 5.91 Å². The van der Waals surface area contributed by atoms with Crippen molar-refractivity contribution in [2.24, 2.45) is 0 Å². The van der Waals surface area contributed by atoms with E-state index in [4.69, 9.17) is 9.47 Å². The van der Waals surface area contributed by atoms with Crippen LogP contribution in [0.4, 0.5) is 5.69 Å². The molecule has 1 heterocycles. The van der Waals surface area contributed by atoms with Gasteiger partial charge in [0.2, 0.25) is 6.41 Å². The van der Waals surface area contributed by atoms with Crippen molar-refractivity contribution < 1.29 is 23.9 Å². The maximum absolute atomic E-state index is 12.4. The van der Waals surface area contributed by atoms with E-state index in [1.165, 1.54) is 14.2 Å². The maximum atomic E-state index is 12.4. The Morgan fingerprint density at radius 3 is 2.54 bits per heavy atom. The van der Waals surface area contributed by atoms with Crippen molar-refractivity contribution in [3.63, 3.8) is 0 Å². The van der Waals surface area contributed by atoms with E-state index in [0.717, 1.165) is 24.1 Å². The zero-order chi connectivity index (χ0) is 20.1. The number of hydrogen-bond donors (Lipinski definition) is 1. The number of ketones is 1. The average molecular weight is 382 g/mol. The number of fused-ring (bicyclic) bond motifs is 1. The summed E-state index contributed by atoms with van der Waals surface area (Å²) >= 11 is 0. The van der Waals surface area contributed by atoms with E-state index in [9.17, 15) is 14.4 Å². The summed E-state index contributed by atoms with van der Waals surface area (Å²) in [5.41, 5.74) is 2.86. The van der Waals surface area contributed by atoms with Crippen LogP contribution >= 0.6 is 0 Å². The zero-order valence-electron chi connectivity index (χ0n) is 15.9. The molecule has 0 atom stereocenters. The van der Waals surface area contributed by atoms with E-state index in [0.29, 0.717) is 29.2 Å². The van der Waals surface area contributed by atoms with Crippen LogP contribution in [0.3, 0.4) is 0 Å². The number of carbonyl (C=O) groups is 3. The number of methoxy groups -OCH3 is 2. The van der Waals surface area contributed by atoms with E-state index in [-0.39, 0.29) is 24.7 Å². The van der Waals surface area contributed by atoms with Crippen LogP contribution in [0.25, 0.3) is 0 Å². The Morgan fingerprint density at radius 1 is 1.07 bits per heavy atom. The monoisotopic (exact) mass is 382 g/mol. The Bertz CT molecular complexity index is 910. The Balaban J connectivity index is 1.57. The predicted molar refractivity (Wildman–Crippen MR) is 104 cm³/mol. The third-order valence-corrected chi connectivity index (χ3v) is 4.74. The molecule has 1 N–H and O–H groups in total. The molecule has 0 spiro atoms. The fourth-order valence-corrected chi connectivity index (χ4v) is 3.22. The lowest BCUT2D eigenvalue weighted by molar-refractivity contribution is -0.107. The van der Waals surface area contributed by atoms with Crippen LogP contribution in [0.1, 0.15) is 32.7 Å². The lowest BCUT2D eigenvalue weighted by Crippen LogP contribution is -2.26. The van der Waals surface area contributed by atoms with Crippen LogP contribution < -0.4 is 19.7 Å². The van der Waals surface area contributed by atoms with Gasteiger partial charge in [0, 0.05) is 36.3 Å². The fourth-order valence-electron chi connectivity index (χ4n) is 3.22. The molecular formula is C21H22N2O5. The highest BCUT2D eigenvalue weighted by atomic mass is 16.5. The quantitative estimate of drug-likeness (QED) is 0.559. The number of nitrogens with one attached hydrogen (secondary N) is 1. The number of benzene rings is 2. The Labute approximate surface area is 163 Å². The second-order valence-electron chi connectivity index (χ2n) is 6.39. The standard InChI is InChI=1S/C21H22N2O5/c1-27-19-6-4-16(12-20(19)28-2)21(26)22-9-7-18(25)15-3-5-17-14(11-15)8-10-23(17)13-24/h3-6,11-13H,7-10H2,1-2H3,(H,22,26). The smallest absolute Gasteiger partial charge is 0.251 e. The average Bonchev–Trinajstić information content (AvgIpc) is 3.15. The minimum absolute atomic E-state index is 0.0556. The molecule has 146 valence electrons. The lowest BCUT2D eigenvalue weighted by Gasteiger charge is -2.11. The molecule has 2 aromatic carbocycles. The summed E-state index contributed by atoms with van der Waals surface area (Å²) in [6.45, 7) is 0.863. The van der Waals surface area contributed by atoms with Crippen molar-refractivity contribution in [1.29, 1.82) is 0 Å². The third kappa shape index (κ3) is 3.98. The maximum Gasteiger partial charge on any atom is 0.251 e. The molecule has 0 saturated heterocycles. The van der Waals surface area contributed by atoms with Crippen molar-refractivity contribution in [2.45, 2.75) is 12.8 Å². The van der Waals surface area contributed by atoms with Crippen molar-refractivity contribution in [2.75, 3.05) is 32.2 Å². The molecule has 0 radical (unpaired) electrons. The van der Waals surface area contributed by atoms with Gasteiger partial charge >= 0.3 is 0 Å². The van der Waals surface area contributed by atoms with Gasteiger partial charge in [-0.15, -0.1) is 0 Å². The summed E-state index contributed by atoms with van der Waals surface area (Å²) in [5, 5.41) is 2.75. The molecule has 2 aromatic rings. The molecule has 3 rings (SSSR count). The topological polar surface area (TPSA) is 84.9 Å². The largest absolute Gasteiger partial charge is 0.493 e. The van der Waals surface area contributed by atoms with Gasteiger partial charge in [0.15, 0.2) is 17.3 Å². The summed E-state index contributed by atoms with van der Waals surface area (Å²) < 4.78 is 10.3. The highest BCUT2D eigenvalue weighted by Crippen LogP contribution is 2.28. The summed E-state index contributed by atoms with van der Waals surface area (Å²) in [5.74, 6) is 0.664. The number of Topliss-reactive ketones (excluding diaryl/α,β-unsaturated/α-hetero) is 1. The van der Waals surface area contributed by atoms with Crippen molar-refractivity contribution in [3.05, 3.63) is 53.1 Å². The highest BCUT2D eigenvalue weighted by molar-refractivity contribution is 5.98. The first-order valence-electron chi connectivity index (χ1n) is 8.95. The number of anilines is 1. The summed E-state index contributed by atoms with van der Waals surface area (Å²) in [7, 11) is 3.03. The first-order valence-corrected chi connectivity index (χ1v) is 8.95. The molecule has 1 aliphatic heterocycles. The zero-order valence-corrected chi connectivity index (χ0v) is 15.9. The third-order valence-electron chi connectivity index (χ3n) is 4.74. The van der Waals surface area contributed by atoms with Crippen molar-refractivity contribution in [3.8, 4) is 11.5 Å². The molecule has 0 saturated carbocycles. The molecule has 0 aliphatic carbocycles. The number of rotatable bonds is 8. The van der Waals surface area contributed by atoms with Gasteiger partial charge < -0.3 is 19.7 Å². The van der Waals surface area contributed by atoms with Gasteiger partial charge in [0.1, 0.15) is 0 Å². The summed E-state index contributed by atoms with van der Waals surface area (Å²) in [4.78, 5) is 37.3. The van der Waals surface area contributed by atoms with E-state index in [1.807, 2.05) is 6.07 Å². The minimum atomic E-state index is -0.288. The van der Waals surface area contributed by atoms with Crippen molar-refractivity contribution >= 4 is 23.8 Å². The first kappa shape index (κ1) is 19.4. The molecule has 0 bridgehead atoms. The normalized spacial score (nSPS) is 12.3. The predicted octanol–water partition coefficient (Wildman–Crippen LogP) is 2.23. The van der Waals surface area contributed by atoms with E-state index in [1.54, 1.807) is 35.2 Å². The summed E-state index contributed by atoms with van der Waals surface area (Å²) in [6, 6.07) is 10.2. The Morgan fingerprint density at radius 2 is 1.82 bits per heavy atom. The molecule has 7 nitrogen and oxygen atoms in total. The second-order valence-corrected chi connectivity index (χ2v) is 6.39. The van der Waals surface area contributed by atoms with Crippen LogP contribution in [0.15, 0.2) is 36.4 Å². The molecule has 28 heavy (non-hydrogen) atoms. The van der Waals surface area contributed by atoms with Gasteiger partial charge in [-0.25, -0.2) is 0 Å². The Kier molecular flexibility index (Phi) is 5.93. The van der Waals surface area contributed by atoms with E-state index < -0.39 is 0 Å². The van der Waals surface area contributed by atoms with Crippen LogP contribution in [-0.4, -0.2) is 45.4 Å². The van der Waals surface area contributed by atoms with Crippen molar-refractivity contribution in [1.82, 2.24) is 5.32 Å². The van der Waals surface area contributed by atoms with E-state index >= 15 is 0 Å². The molecule has 1 aliphatic rings. The van der Waals surface area contributed by atoms with Crippen LogP contribution in [0.2, 0.25) is 0 Å². The molecule has 0 aromatic heterocycles. The van der Waals surface area contributed by atoms with E-state index in [2.05, 4.69) is 5.32 Å². The van der Waals surface area contributed by atoms with Gasteiger partial charge in [-0.1, -0.05) is 0 Å². The summed E-state index contributed by atoms with van der Waals surface area (Å²) in [6.07, 6.45) is 1.73. The van der Waals surface area contributed by atoms with Gasteiger partial charge in [0.05, 0.1) is 14.2 Å². The Hall–Kier alpha value is -3.35. The molecule has 0 fully saturated rings. The van der Waals surface area contributed by atoms with Gasteiger partial charge in [-0.3, -0.25) is 14.4 Å². The van der Waals surface area contributed by atoms with Crippen LogP contribution in [0, 0.1) is 0 Å². The van der Waals surface area contributed by atoms with Crippen LogP contribution in [-0.2, 0) is 11.2 Å². The number of carbonyl (C=O) groups excluding carboxylic acids is 3. The molecule has 2 amide bonds. The molecule has 7 heteroatoms. The number of ether oxygens (including phenoxy) is 2.